The van der Waals surface area contributed by atoms with Crippen molar-refractivity contribution in [3.05, 3.63) is 50.2 Å². The van der Waals surface area contributed by atoms with E-state index in [0.29, 0.717) is 6.54 Å². The molecular formula is C14H16FN3O2S. The van der Waals surface area contributed by atoms with Gasteiger partial charge in [-0.15, -0.1) is 11.3 Å². The number of non-ortho nitro benzene ring substituents is 1. The minimum atomic E-state index is -0.634. The lowest BCUT2D eigenvalue weighted by Crippen LogP contribution is -2.09. The molecule has 0 saturated carbocycles. The van der Waals surface area contributed by atoms with E-state index in [1.165, 1.54) is 12.1 Å². The Morgan fingerprint density at radius 3 is 2.67 bits per heavy atom. The molecule has 0 fully saturated rings. The molecule has 0 aliphatic rings. The van der Waals surface area contributed by atoms with Gasteiger partial charge in [-0.2, -0.15) is 0 Å². The van der Waals surface area contributed by atoms with Crippen molar-refractivity contribution >= 4 is 22.7 Å². The SMILES string of the molecule is CC(C)(C)c1ncc(CNc2ccc([N+](=O)[O-])cc2F)s1. The predicted octanol–water partition coefficient (Wildman–Crippen LogP) is 4.10. The second-order valence-corrected chi connectivity index (χ2v) is 6.77. The highest BCUT2D eigenvalue weighted by molar-refractivity contribution is 7.11. The number of nitro groups is 1. The van der Waals surface area contributed by atoms with Crippen LogP contribution in [0.2, 0.25) is 0 Å². The third-order valence-electron chi connectivity index (χ3n) is 2.81. The quantitative estimate of drug-likeness (QED) is 0.682. The highest BCUT2D eigenvalue weighted by Crippen LogP contribution is 2.27. The topological polar surface area (TPSA) is 68.1 Å². The maximum Gasteiger partial charge on any atom is 0.272 e. The van der Waals surface area contributed by atoms with Gasteiger partial charge in [0.05, 0.1) is 28.2 Å². The molecule has 0 aliphatic heterocycles. The fraction of sp³-hybridized carbons (Fsp3) is 0.357. The zero-order valence-electron chi connectivity index (χ0n) is 12.0. The minimum absolute atomic E-state index is 0.0124. The summed E-state index contributed by atoms with van der Waals surface area (Å²) in [6.45, 7) is 6.68. The molecule has 1 heterocycles. The second-order valence-electron chi connectivity index (χ2n) is 5.66. The van der Waals surface area contributed by atoms with Gasteiger partial charge in [-0.25, -0.2) is 9.37 Å². The van der Waals surface area contributed by atoms with Crippen LogP contribution in [-0.4, -0.2) is 9.91 Å². The van der Waals surface area contributed by atoms with Crippen LogP contribution in [0.1, 0.15) is 30.7 Å². The highest BCUT2D eigenvalue weighted by Gasteiger charge is 2.18. The molecular weight excluding hydrogens is 293 g/mol. The summed E-state index contributed by atoms with van der Waals surface area (Å²) in [5, 5.41) is 14.5. The van der Waals surface area contributed by atoms with E-state index in [0.717, 1.165) is 16.0 Å². The first-order chi connectivity index (χ1) is 9.77. The Bertz CT molecular complexity index is 664. The molecule has 0 aliphatic carbocycles. The monoisotopic (exact) mass is 309 g/mol. The van der Waals surface area contributed by atoms with Gasteiger partial charge in [0.15, 0.2) is 5.82 Å². The molecule has 112 valence electrons. The lowest BCUT2D eigenvalue weighted by Gasteiger charge is -2.13. The summed E-state index contributed by atoms with van der Waals surface area (Å²) in [7, 11) is 0. The van der Waals surface area contributed by atoms with Crippen LogP contribution < -0.4 is 5.32 Å². The molecule has 1 N–H and O–H groups in total. The Hall–Kier alpha value is -2.02. The summed E-state index contributed by atoms with van der Waals surface area (Å²) in [4.78, 5) is 15.3. The normalized spacial score (nSPS) is 11.4. The summed E-state index contributed by atoms with van der Waals surface area (Å²) < 4.78 is 13.7. The van der Waals surface area contributed by atoms with Crippen molar-refractivity contribution in [1.29, 1.82) is 0 Å². The van der Waals surface area contributed by atoms with Crippen LogP contribution in [0.25, 0.3) is 0 Å². The molecule has 0 saturated heterocycles. The van der Waals surface area contributed by atoms with E-state index < -0.39 is 10.7 Å². The first-order valence-corrected chi connectivity index (χ1v) is 7.22. The number of thiazole rings is 1. The van der Waals surface area contributed by atoms with Gasteiger partial charge in [0, 0.05) is 22.6 Å². The van der Waals surface area contributed by atoms with Gasteiger partial charge in [-0.3, -0.25) is 10.1 Å². The van der Waals surface area contributed by atoms with Crippen molar-refractivity contribution in [3.8, 4) is 0 Å². The molecule has 21 heavy (non-hydrogen) atoms. The summed E-state index contributed by atoms with van der Waals surface area (Å²) in [5.74, 6) is -0.634. The molecule has 2 aromatic rings. The van der Waals surface area contributed by atoms with Gasteiger partial charge in [0.1, 0.15) is 0 Å². The lowest BCUT2D eigenvalue weighted by atomic mass is 9.98. The second kappa shape index (κ2) is 5.77. The Morgan fingerprint density at radius 2 is 2.14 bits per heavy atom. The molecule has 0 spiro atoms. The molecule has 5 nitrogen and oxygen atoms in total. The average Bonchev–Trinajstić information content (AvgIpc) is 2.85. The maximum absolute atomic E-state index is 13.7. The van der Waals surface area contributed by atoms with Gasteiger partial charge in [0.25, 0.3) is 5.69 Å². The number of hydrogen-bond donors (Lipinski definition) is 1. The number of halogens is 1. The fourth-order valence-corrected chi connectivity index (χ4v) is 2.59. The van der Waals surface area contributed by atoms with Crippen molar-refractivity contribution in [1.82, 2.24) is 4.98 Å². The van der Waals surface area contributed by atoms with Gasteiger partial charge in [-0.05, 0) is 6.07 Å². The van der Waals surface area contributed by atoms with E-state index >= 15 is 0 Å². The average molecular weight is 309 g/mol. The van der Waals surface area contributed by atoms with E-state index in [-0.39, 0.29) is 16.8 Å². The van der Waals surface area contributed by atoms with Crippen LogP contribution >= 0.6 is 11.3 Å². The number of aromatic nitrogens is 1. The van der Waals surface area contributed by atoms with Crippen LogP contribution in [0.15, 0.2) is 24.4 Å². The number of benzene rings is 1. The molecule has 1 aromatic carbocycles. The maximum atomic E-state index is 13.7. The summed E-state index contributed by atoms with van der Waals surface area (Å²) >= 11 is 1.57. The summed E-state index contributed by atoms with van der Waals surface area (Å²) in [6.07, 6.45) is 1.77. The Kier molecular flexibility index (Phi) is 4.22. The van der Waals surface area contributed by atoms with Crippen LogP contribution in [0.4, 0.5) is 15.8 Å². The van der Waals surface area contributed by atoms with Crippen LogP contribution in [0.5, 0.6) is 0 Å². The molecule has 2 rings (SSSR count). The predicted molar refractivity (Wildman–Crippen MR) is 81.2 cm³/mol. The van der Waals surface area contributed by atoms with E-state index in [1.807, 2.05) is 0 Å². The molecule has 0 atom stereocenters. The largest absolute Gasteiger partial charge is 0.378 e. The van der Waals surface area contributed by atoms with Crippen LogP contribution in [-0.2, 0) is 12.0 Å². The van der Waals surface area contributed by atoms with Gasteiger partial charge < -0.3 is 5.32 Å². The van der Waals surface area contributed by atoms with Crippen molar-refractivity contribution in [2.24, 2.45) is 0 Å². The fourth-order valence-electron chi connectivity index (χ4n) is 1.68. The van der Waals surface area contributed by atoms with Gasteiger partial charge >= 0.3 is 0 Å². The van der Waals surface area contributed by atoms with Gasteiger partial charge in [-0.1, -0.05) is 20.8 Å². The first-order valence-electron chi connectivity index (χ1n) is 6.40. The van der Waals surface area contributed by atoms with Crippen LogP contribution in [0, 0.1) is 15.9 Å². The molecule has 0 radical (unpaired) electrons. The zero-order chi connectivity index (χ0) is 15.6. The third-order valence-corrected chi connectivity index (χ3v) is 4.23. The number of nitro benzene ring substituents is 1. The number of nitrogens with zero attached hydrogens (tertiary/aromatic N) is 2. The number of hydrogen-bond acceptors (Lipinski definition) is 5. The van der Waals surface area contributed by atoms with E-state index in [4.69, 9.17) is 0 Å². The number of rotatable bonds is 4. The lowest BCUT2D eigenvalue weighted by molar-refractivity contribution is -0.385. The van der Waals surface area contributed by atoms with Crippen LogP contribution in [0.3, 0.4) is 0 Å². The van der Waals surface area contributed by atoms with Crippen molar-refractivity contribution in [2.75, 3.05) is 5.32 Å². The zero-order valence-corrected chi connectivity index (χ0v) is 12.8. The van der Waals surface area contributed by atoms with E-state index in [2.05, 4.69) is 31.1 Å². The van der Waals surface area contributed by atoms with Crippen molar-refractivity contribution in [3.63, 3.8) is 0 Å². The standard InChI is InChI=1S/C14H16FN3O2S/c1-14(2,3)13-17-8-10(21-13)7-16-12-5-4-9(18(19)20)6-11(12)15/h4-6,8,16H,7H2,1-3H3. The molecule has 0 bridgehead atoms. The molecule has 0 unspecified atom stereocenters. The van der Waals surface area contributed by atoms with Crippen molar-refractivity contribution in [2.45, 2.75) is 32.7 Å². The van der Waals surface area contributed by atoms with Crippen molar-refractivity contribution < 1.29 is 9.31 Å². The number of anilines is 1. The summed E-state index contributed by atoms with van der Waals surface area (Å²) in [6, 6.07) is 3.56. The number of nitrogens with one attached hydrogen (secondary N) is 1. The smallest absolute Gasteiger partial charge is 0.272 e. The third kappa shape index (κ3) is 3.75. The molecule has 0 amide bonds. The van der Waals surface area contributed by atoms with E-state index in [1.54, 1.807) is 17.5 Å². The Balaban J connectivity index is 2.06. The Morgan fingerprint density at radius 1 is 1.43 bits per heavy atom. The highest BCUT2D eigenvalue weighted by atomic mass is 32.1. The van der Waals surface area contributed by atoms with E-state index in [9.17, 15) is 14.5 Å². The molecule has 1 aromatic heterocycles. The molecule has 7 heteroatoms. The Labute approximate surface area is 126 Å². The minimum Gasteiger partial charge on any atom is -0.378 e. The summed E-state index contributed by atoms with van der Waals surface area (Å²) in [5.41, 5.74) is -0.0289. The first kappa shape index (κ1) is 15.4. The van der Waals surface area contributed by atoms with Gasteiger partial charge in [0.2, 0.25) is 0 Å².